The molecule has 0 saturated carbocycles. The van der Waals surface area contributed by atoms with E-state index in [2.05, 4.69) is 0 Å². The first-order valence-corrected chi connectivity index (χ1v) is 5.81. The Kier molecular flexibility index (Phi) is 3.43. The lowest BCUT2D eigenvalue weighted by Gasteiger charge is -2.04. The van der Waals surface area contributed by atoms with Crippen molar-refractivity contribution in [2.24, 2.45) is 0 Å². The van der Waals surface area contributed by atoms with Gasteiger partial charge in [-0.1, -0.05) is 12.1 Å². The number of hydrogen-bond donors (Lipinski definition) is 3. The van der Waals surface area contributed by atoms with Gasteiger partial charge in [0.1, 0.15) is 5.75 Å². The lowest BCUT2D eigenvalue weighted by atomic mass is 10.0. The van der Waals surface area contributed by atoms with E-state index in [1.54, 1.807) is 12.1 Å². The fraction of sp³-hybridized carbons (Fsp3) is 0.0667. The molecule has 5 nitrogen and oxygen atoms in total. The Morgan fingerprint density at radius 3 is 2.25 bits per heavy atom. The van der Waals surface area contributed by atoms with Crippen LogP contribution in [0.2, 0.25) is 0 Å². The molecule has 0 saturated heterocycles. The van der Waals surface area contributed by atoms with Gasteiger partial charge in [0.05, 0.1) is 5.56 Å². The number of para-hydroxylation sites is 1. The fourth-order valence-electron chi connectivity index (χ4n) is 1.84. The molecule has 102 valence electrons. The molecule has 0 radical (unpaired) electrons. The van der Waals surface area contributed by atoms with E-state index in [1.807, 2.05) is 0 Å². The van der Waals surface area contributed by atoms with Crippen LogP contribution in [0.25, 0.3) is 0 Å². The second kappa shape index (κ2) is 5.05. The molecule has 0 bridgehead atoms. The maximum absolute atomic E-state index is 12.3. The molecule has 0 heterocycles. The Balaban J connectivity index is 2.69. The van der Waals surface area contributed by atoms with Crippen LogP contribution in [0.1, 0.15) is 21.5 Å². The van der Waals surface area contributed by atoms with Crippen LogP contribution in [0.3, 0.4) is 0 Å². The number of rotatable bonds is 2. The van der Waals surface area contributed by atoms with Crippen molar-refractivity contribution >= 4 is 5.78 Å². The van der Waals surface area contributed by atoms with E-state index in [0.29, 0.717) is 5.56 Å². The molecule has 0 amide bonds. The number of ketones is 1. The second-order valence-electron chi connectivity index (χ2n) is 4.33. The quantitative estimate of drug-likeness (QED) is 0.723. The minimum Gasteiger partial charge on any atom is -0.507 e. The van der Waals surface area contributed by atoms with Gasteiger partial charge < -0.3 is 15.3 Å². The van der Waals surface area contributed by atoms with Crippen molar-refractivity contribution in [3.63, 3.8) is 0 Å². The highest BCUT2D eigenvalue weighted by molar-refractivity contribution is 6.11. The lowest BCUT2D eigenvalue weighted by Crippen LogP contribution is -2.03. The number of carbonyl (C=O) groups is 1. The fourth-order valence-corrected chi connectivity index (χ4v) is 1.84. The summed E-state index contributed by atoms with van der Waals surface area (Å²) in [6.07, 6.45) is 0. The molecule has 0 aliphatic carbocycles. The van der Waals surface area contributed by atoms with Crippen molar-refractivity contribution in [2.45, 2.75) is 6.92 Å². The third-order valence-electron chi connectivity index (χ3n) is 2.92. The third kappa shape index (κ3) is 2.33. The summed E-state index contributed by atoms with van der Waals surface area (Å²) in [6, 6.07) is 8.02. The zero-order valence-corrected chi connectivity index (χ0v) is 10.6. The van der Waals surface area contributed by atoms with Gasteiger partial charge in [-0.25, -0.2) is 0 Å². The first-order chi connectivity index (χ1) is 9.41. The van der Waals surface area contributed by atoms with Gasteiger partial charge in [0, 0.05) is 5.56 Å². The third-order valence-corrected chi connectivity index (χ3v) is 2.92. The van der Waals surface area contributed by atoms with Crippen LogP contribution in [-0.4, -0.2) is 21.1 Å². The van der Waals surface area contributed by atoms with Gasteiger partial charge in [0.15, 0.2) is 11.5 Å². The number of phenolic OH excluding ortho intramolecular Hbond substituents is 1. The van der Waals surface area contributed by atoms with Gasteiger partial charge in [-0.15, -0.1) is 0 Å². The first kappa shape index (κ1) is 13.6. The predicted molar refractivity (Wildman–Crippen MR) is 72.3 cm³/mol. The number of hydrogen-bond acceptors (Lipinski definition) is 5. The van der Waals surface area contributed by atoms with Crippen molar-refractivity contribution in [3.8, 4) is 17.2 Å². The minimum absolute atomic E-state index is 0.0291. The Bertz CT molecular complexity index is 750. The molecule has 5 heteroatoms. The number of aromatic hydroxyl groups is 3. The van der Waals surface area contributed by atoms with Crippen LogP contribution < -0.4 is 5.43 Å². The number of benzene rings is 1. The van der Waals surface area contributed by atoms with E-state index in [1.165, 1.54) is 19.1 Å². The van der Waals surface area contributed by atoms with Crippen LogP contribution in [0.4, 0.5) is 0 Å². The van der Waals surface area contributed by atoms with E-state index < -0.39 is 22.7 Å². The monoisotopic (exact) mass is 272 g/mol. The van der Waals surface area contributed by atoms with Crippen molar-refractivity contribution in [3.05, 3.63) is 63.3 Å². The number of carbonyl (C=O) groups excluding carboxylic acids is 1. The van der Waals surface area contributed by atoms with Gasteiger partial charge in [-0.3, -0.25) is 9.59 Å². The summed E-state index contributed by atoms with van der Waals surface area (Å²) in [7, 11) is 0. The van der Waals surface area contributed by atoms with Crippen LogP contribution in [0.15, 0.2) is 41.2 Å². The summed E-state index contributed by atoms with van der Waals surface area (Å²) in [5, 5.41) is 28.6. The highest BCUT2D eigenvalue weighted by Crippen LogP contribution is 2.25. The van der Waals surface area contributed by atoms with Gasteiger partial charge in [-0.05, 0) is 36.8 Å². The molecule has 0 unspecified atom stereocenters. The standard InChI is InChI=1S/C15H12O5/c1-8-6-12(17)15(20)13(18)7-10(8)14(19)9-4-2-3-5-11(9)16/h2-7,16H,1H3,(H2,17,18,20). The molecule has 3 N–H and O–H groups in total. The second-order valence-corrected chi connectivity index (χ2v) is 4.33. The molecule has 0 fully saturated rings. The van der Waals surface area contributed by atoms with Gasteiger partial charge in [0.2, 0.25) is 11.2 Å². The molecule has 20 heavy (non-hydrogen) atoms. The summed E-state index contributed by atoms with van der Waals surface area (Å²) in [5.41, 5.74) is -0.412. The SMILES string of the molecule is Cc1cc(=O)c(O)c(O)cc1C(=O)c1ccccc1O. The zero-order chi connectivity index (χ0) is 14.9. The van der Waals surface area contributed by atoms with E-state index >= 15 is 0 Å². The topological polar surface area (TPSA) is 94.8 Å². The summed E-state index contributed by atoms with van der Waals surface area (Å²) >= 11 is 0. The summed E-state index contributed by atoms with van der Waals surface area (Å²) in [4.78, 5) is 23.8. The Labute approximate surface area is 114 Å². The molecular weight excluding hydrogens is 260 g/mol. The van der Waals surface area contributed by atoms with Crippen molar-refractivity contribution in [2.75, 3.05) is 0 Å². The van der Waals surface area contributed by atoms with Crippen LogP contribution >= 0.6 is 0 Å². The molecule has 0 aliphatic heterocycles. The smallest absolute Gasteiger partial charge is 0.224 e. The average molecular weight is 272 g/mol. The maximum Gasteiger partial charge on any atom is 0.224 e. The first-order valence-electron chi connectivity index (χ1n) is 5.81. The predicted octanol–water partition coefficient (Wildman–Crippen LogP) is 1.70. The molecule has 2 rings (SSSR count). The van der Waals surface area contributed by atoms with E-state index in [4.69, 9.17) is 0 Å². The van der Waals surface area contributed by atoms with Gasteiger partial charge in [0.25, 0.3) is 0 Å². The Morgan fingerprint density at radius 1 is 0.950 bits per heavy atom. The molecule has 0 spiro atoms. The minimum atomic E-state index is -0.815. The highest BCUT2D eigenvalue weighted by atomic mass is 16.3. The van der Waals surface area contributed by atoms with Crippen molar-refractivity contribution in [1.82, 2.24) is 0 Å². The van der Waals surface area contributed by atoms with Crippen molar-refractivity contribution < 1.29 is 20.1 Å². The summed E-state index contributed by atoms with van der Waals surface area (Å²) in [6.45, 7) is 1.51. The molecule has 0 atom stereocenters. The van der Waals surface area contributed by atoms with Crippen LogP contribution in [-0.2, 0) is 0 Å². The number of phenols is 1. The maximum atomic E-state index is 12.3. The lowest BCUT2D eigenvalue weighted by molar-refractivity contribution is 0.103. The van der Waals surface area contributed by atoms with E-state index in [-0.39, 0.29) is 16.9 Å². The zero-order valence-electron chi connectivity index (χ0n) is 10.6. The van der Waals surface area contributed by atoms with E-state index in [9.17, 15) is 24.9 Å². The Morgan fingerprint density at radius 2 is 1.60 bits per heavy atom. The molecular formula is C15H12O5. The van der Waals surface area contributed by atoms with Crippen LogP contribution in [0, 0.1) is 6.92 Å². The average Bonchev–Trinajstić information content (AvgIpc) is 2.51. The highest BCUT2D eigenvalue weighted by Gasteiger charge is 2.17. The Hall–Kier alpha value is -2.82. The molecule has 0 aromatic heterocycles. The molecule has 2 aromatic rings. The van der Waals surface area contributed by atoms with Gasteiger partial charge in [-0.2, -0.15) is 0 Å². The van der Waals surface area contributed by atoms with Crippen LogP contribution in [0.5, 0.6) is 17.2 Å². The van der Waals surface area contributed by atoms with E-state index in [0.717, 1.165) is 12.1 Å². The summed E-state index contributed by atoms with van der Waals surface area (Å²) < 4.78 is 0. The molecule has 2 aromatic carbocycles. The molecule has 0 aliphatic rings. The largest absolute Gasteiger partial charge is 0.507 e. The number of aryl methyl sites for hydroxylation is 1. The normalized spacial score (nSPS) is 10.2. The van der Waals surface area contributed by atoms with Crippen molar-refractivity contribution in [1.29, 1.82) is 0 Å². The van der Waals surface area contributed by atoms with Gasteiger partial charge >= 0.3 is 0 Å². The summed E-state index contributed by atoms with van der Waals surface area (Å²) in [5.74, 6) is -2.24.